The molecule has 1 aromatic carbocycles. The van der Waals surface area contributed by atoms with Crippen molar-refractivity contribution in [1.29, 1.82) is 5.26 Å². The number of methoxy groups -OCH3 is 1. The third-order valence-corrected chi connectivity index (χ3v) is 2.41. The molecule has 0 aliphatic rings. The molecule has 0 saturated heterocycles. The second kappa shape index (κ2) is 4.93. The van der Waals surface area contributed by atoms with Crippen molar-refractivity contribution < 1.29 is 13.5 Å². The maximum absolute atomic E-state index is 13.6. The molecule has 1 rings (SSSR count). The second-order valence-corrected chi connectivity index (χ2v) is 3.86. The molecule has 0 saturated carbocycles. The number of ether oxygens (including phenoxy) is 1. The van der Waals surface area contributed by atoms with E-state index in [2.05, 4.69) is 4.74 Å². The van der Waals surface area contributed by atoms with E-state index in [0.717, 1.165) is 12.1 Å². The van der Waals surface area contributed by atoms with Gasteiger partial charge < -0.3 is 4.74 Å². The van der Waals surface area contributed by atoms with Gasteiger partial charge in [0.2, 0.25) is 0 Å². The fourth-order valence-electron chi connectivity index (χ4n) is 1.52. The summed E-state index contributed by atoms with van der Waals surface area (Å²) in [5.74, 6) is -2.15. The lowest BCUT2D eigenvalue weighted by molar-refractivity contribution is 0.380. The molecule has 1 aromatic rings. The number of nitriles is 1. The third-order valence-electron chi connectivity index (χ3n) is 2.41. The van der Waals surface area contributed by atoms with Crippen LogP contribution < -0.4 is 4.74 Å². The molecule has 1 unspecified atom stereocenters. The second-order valence-electron chi connectivity index (χ2n) is 3.86. The van der Waals surface area contributed by atoms with Crippen molar-refractivity contribution in [2.24, 2.45) is 5.92 Å². The predicted molar refractivity (Wildman–Crippen MR) is 56.1 cm³/mol. The summed E-state index contributed by atoms with van der Waals surface area (Å²) in [6.07, 6.45) is 0. The van der Waals surface area contributed by atoms with Crippen LogP contribution in [0.3, 0.4) is 0 Å². The molecule has 0 bridgehead atoms. The van der Waals surface area contributed by atoms with E-state index in [1.807, 2.05) is 6.07 Å². The Bertz CT molecular complexity index is 424. The Kier molecular flexibility index (Phi) is 3.83. The molecule has 0 aliphatic carbocycles. The van der Waals surface area contributed by atoms with Gasteiger partial charge in [0.15, 0.2) is 11.6 Å². The minimum absolute atomic E-state index is 0.0766. The summed E-state index contributed by atoms with van der Waals surface area (Å²) in [5.41, 5.74) is 0.0794. The van der Waals surface area contributed by atoms with Crippen LogP contribution in [-0.4, -0.2) is 7.11 Å². The van der Waals surface area contributed by atoms with Crippen LogP contribution >= 0.6 is 0 Å². The molecule has 86 valence electrons. The van der Waals surface area contributed by atoms with Crippen molar-refractivity contribution in [2.75, 3.05) is 7.11 Å². The van der Waals surface area contributed by atoms with Gasteiger partial charge in [-0.25, -0.2) is 8.78 Å². The highest BCUT2D eigenvalue weighted by molar-refractivity contribution is 5.35. The van der Waals surface area contributed by atoms with E-state index in [4.69, 9.17) is 5.26 Å². The van der Waals surface area contributed by atoms with E-state index >= 15 is 0 Å². The third kappa shape index (κ3) is 2.30. The van der Waals surface area contributed by atoms with Gasteiger partial charge in [0.1, 0.15) is 5.82 Å². The first kappa shape index (κ1) is 12.4. The van der Waals surface area contributed by atoms with E-state index < -0.39 is 17.6 Å². The molecule has 0 aliphatic heterocycles. The molecular weight excluding hydrogens is 212 g/mol. The van der Waals surface area contributed by atoms with Crippen LogP contribution in [0, 0.1) is 28.9 Å². The van der Waals surface area contributed by atoms with Gasteiger partial charge >= 0.3 is 0 Å². The van der Waals surface area contributed by atoms with E-state index in [1.165, 1.54) is 7.11 Å². The van der Waals surface area contributed by atoms with E-state index in [1.54, 1.807) is 13.8 Å². The van der Waals surface area contributed by atoms with Crippen LogP contribution in [0.15, 0.2) is 12.1 Å². The summed E-state index contributed by atoms with van der Waals surface area (Å²) in [7, 11) is 1.27. The Morgan fingerprint density at radius 3 is 2.31 bits per heavy atom. The molecule has 1 atom stereocenters. The minimum Gasteiger partial charge on any atom is -0.494 e. The first-order valence-electron chi connectivity index (χ1n) is 4.93. The zero-order valence-electron chi connectivity index (χ0n) is 9.42. The lowest BCUT2D eigenvalue weighted by atomic mass is 9.89. The molecule has 0 spiro atoms. The number of benzene rings is 1. The molecule has 0 amide bonds. The first-order valence-corrected chi connectivity index (χ1v) is 4.93. The maximum atomic E-state index is 13.6. The number of halogens is 2. The van der Waals surface area contributed by atoms with Crippen LogP contribution in [0.4, 0.5) is 8.78 Å². The van der Waals surface area contributed by atoms with Gasteiger partial charge in [-0.1, -0.05) is 13.8 Å². The highest BCUT2D eigenvalue weighted by atomic mass is 19.1. The fraction of sp³-hybridized carbons (Fsp3) is 0.417. The van der Waals surface area contributed by atoms with Gasteiger partial charge in [-0.15, -0.1) is 0 Å². The Hall–Kier alpha value is -1.63. The SMILES string of the molecule is COc1cc(F)c(C(C#N)C(C)C)cc1F. The quantitative estimate of drug-likeness (QED) is 0.791. The number of rotatable bonds is 3. The zero-order chi connectivity index (χ0) is 12.3. The molecular formula is C12H13F2NO. The summed E-state index contributed by atoms with van der Waals surface area (Å²) in [5, 5.41) is 8.92. The smallest absolute Gasteiger partial charge is 0.165 e. The molecule has 0 radical (unpaired) electrons. The molecule has 0 aromatic heterocycles. The summed E-state index contributed by atoms with van der Waals surface area (Å²) >= 11 is 0. The van der Waals surface area contributed by atoms with Crippen molar-refractivity contribution in [3.05, 3.63) is 29.3 Å². The Morgan fingerprint density at radius 2 is 1.88 bits per heavy atom. The summed E-state index contributed by atoms with van der Waals surface area (Å²) in [6, 6.07) is 3.98. The molecule has 0 fully saturated rings. The molecule has 0 heterocycles. The lowest BCUT2D eigenvalue weighted by Gasteiger charge is -2.15. The predicted octanol–water partition coefficient (Wildman–Crippen LogP) is 3.24. The van der Waals surface area contributed by atoms with E-state index in [0.29, 0.717) is 0 Å². The van der Waals surface area contributed by atoms with Crippen LogP contribution in [-0.2, 0) is 0 Å². The van der Waals surface area contributed by atoms with Gasteiger partial charge in [-0.3, -0.25) is 0 Å². The van der Waals surface area contributed by atoms with Crippen LogP contribution in [0.2, 0.25) is 0 Å². The average molecular weight is 225 g/mol. The maximum Gasteiger partial charge on any atom is 0.165 e. The first-order chi connectivity index (χ1) is 7.51. The Morgan fingerprint density at radius 1 is 1.25 bits per heavy atom. The van der Waals surface area contributed by atoms with Gasteiger partial charge in [0.05, 0.1) is 19.1 Å². The van der Waals surface area contributed by atoms with Crippen molar-refractivity contribution in [3.63, 3.8) is 0 Å². The number of hydrogen-bond donors (Lipinski definition) is 0. The minimum atomic E-state index is -0.653. The molecule has 0 N–H and O–H groups in total. The Labute approximate surface area is 93.5 Å². The van der Waals surface area contributed by atoms with E-state index in [-0.39, 0.29) is 17.2 Å². The Balaban J connectivity index is 3.25. The standard InChI is InChI=1S/C12H13F2NO/c1-7(2)9(6-15)8-4-11(14)12(16-3)5-10(8)13/h4-5,7,9H,1-3H3. The van der Waals surface area contributed by atoms with Gasteiger partial charge in [0.25, 0.3) is 0 Å². The van der Waals surface area contributed by atoms with Crippen molar-refractivity contribution in [3.8, 4) is 11.8 Å². The normalized spacial score (nSPS) is 12.3. The zero-order valence-corrected chi connectivity index (χ0v) is 9.42. The monoisotopic (exact) mass is 225 g/mol. The summed E-state index contributed by atoms with van der Waals surface area (Å²) in [4.78, 5) is 0. The fourth-order valence-corrected chi connectivity index (χ4v) is 1.52. The molecule has 4 heteroatoms. The van der Waals surface area contributed by atoms with Gasteiger partial charge in [-0.2, -0.15) is 5.26 Å². The largest absolute Gasteiger partial charge is 0.494 e. The lowest BCUT2D eigenvalue weighted by Crippen LogP contribution is -2.07. The van der Waals surface area contributed by atoms with Crippen molar-refractivity contribution >= 4 is 0 Å². The van der Waals surface area contributed by atoms with Gasteiger partial charge in [0, 0.05) is 11.6 Å². The van der Waals surface area contributed by atoms with Crippen molar-refractivity contribution in [2.45, 2.75) is 19.8 Å². The van der Waals surface area contributed by atoms with Crippen LogP contribution in [0.1, 0.15) is 25.3 Å². The number of nitrogens with zero attached hydrogens (tertiary/aromatic N) is 1. The average Bonchev–Trinajstić information content (AvgIpc) is 2.23. The van der Waals surface area contributed by atoms with Crippen LogP contribution in [0.5, 0.6) is 5.75 Å². The van der Waals surface area contributed by atoms with Gasteiger partial charge in [-0.05, 0) is 12.0 Å². The number of hydrogen-bond acceptors (Lipinski definition) is 2. The van der Waals surface area contributed by atoms with Crippen molar-refractivity contribution in [1.82, 2.24) is 0 Å². The molecule has 16 heavy (non-hydrogen) atoms. The topological polar surface area (TPSA) is 33.0 Å². The molecule has 2 nitrogen and oxygen atoms in total. The highest BCUT2D eigenvalue weighted by Crippen LogP contribution is 2.30. The van der Waals surface area contributed by atoms with Crippen LogP contribution in [0.25, 0.3) is 0 Å². The highest BCUT2D eigenvalue weighted by Gasteiger charge is 2.21. The van der Waals surface area contributed by atoms with E-state index in [9.17, 15) is 8.78 Å². The summed E-state index contributed by atoms with van der Waals surface area (Å²) in [6.45, 7) is 3.57. The summed E-state index contributed by atoms with van der Waals surface area (Å²) < 4.78 is 31.7.